The van der Waals surface area contributed by atoms with Crippen LogP contribution in [0.15, 0.2) is 24.3 Å². The number of ether oxygens (including phenoxy) is 3. The Kier molecular flexibility index (Phi) is 5.65. The zero-order valence-corrected chi connectivity index (χ0v) is 17.6. The lowest BCUT2D eigenvalue weighted by Crippen LogP contribution is -2.34. The summed E-state index contributed by atoms with van der Waals surface area (Å²) in [6.45, 7) is 7.74. The Balaban J connectivity index is 1.55. The van der Waals surface area contributed by atoms with Crippen molar-refractivity contribution in [1.29, 1.82) is 0 Å². The lowest BCUT2D eigenvalue weighted by molar-refractivity contribution is -0.145. The third kappa shape index (κ3) is 4.13. The predicted octanol–water partition coefficient (Wildman–Crippen LogP) is 2.78. The summed E-state index contributed by atoms with van der Waals surface area (Å²) in [6, 6.07) is 7.51. The first-order valence-corrected chi connectivity index (χ1v) is 10.4. The van der Waals surface area contributed by atoms with E-state index < -0.39 is 0 Å². The van der Waals surface area contributed by atoms with Gasteiger partial charge in [-0.2, -0.15) is 5.10 Å². The number of aromatic nitrogens is 2. The average molecular weight is 413 g/mol. The van der Waals surface area contributed by atoms with Gasteiger partial charge in [-0.05, 0) is 56.9 Å². The highest BCUT2D eigenvalue weighted by atomic mass is 16.7. The van der Waals surface area contributed by atoms with Gasteiger partial charge in [-0.25, -0.2) is 0 Å². The summed E-state index contributed by atoms with van der Waals surface area (Å²) in [5.41, 5.74) is 2.31. The second kappa shape index (κ2) is 8.38. The number of carbonyl (C=O) groups excluding carboxylic acids is 2. The van der Waals surface area contributed by atoms with Crippen LogP contribution >= 0.6 is 0 Å². The van der Waals surface area contributed by atoms with Crippen LogP contribution in [0.4, 0.5) is 0 Å². The summed E-state index contributed by atoms with van der Waals surface area (Å²) in [6.07, 6.45) is 0.746. The highest BCUT2D eigenvalue weighted by Gasteiger charge is 2.45. The normalized spacial score (nSPS) is 18.9. The fraction of sp³-hybridized carbons (Fsp3) is 0.500. The lowest BCUT2D eigenvalue weighted by Gasteiger charge is -2.23. The molecule has 1 amide bonds. The second-order valence-corrected chi connectivity index (χ2v) is 7.71. The van der Waals surface area contributed by atoms with Gasteiger partial charge in [0.25, 0.3) is 5.91 Å². The van der Waals surface area contributed by atoms with E-state index in [0.29, 0.717) is 43.4 Å². The summed E-state index contributed by atoms with van der Waals surface area (Å²) in [4.78, 5) is 27.3. The molecule has 2 atom stereocenters. The molecular weight excluding hydrogens is 386 g/mol. The Bertz CT molecular complexity index is 954. The van der Waals surface area contributed by atoms with E-state index in [9.17, 15) is 9.59 Å². The summed E-state index contributed by atoms with van der Waals surface area (Å²) >= 11 is 0. The third-order valence-corrected chi connectivity index (χ3v) is 5.49. The Labute approximate surface area is 175 Å². The number of hydrogen-bond acceptors (Lipinski definition) is 6. The maximum atomic E-state index is 13.4. The van der Waals surface area contributed by atoms with E-state index in [0.717, 1.165) is 17.7 Å². The van der Waals surface area contributed by atoms with E-state index in [1.54, 1.807) is 16.5 Å². The molecule has 1 fully saturated rings. The Hall–Kier alpha value is -3.03. The van der Waals surface area contributed by atoms with Crippen LogP contribution in [0.3, 0.4) is 0 Å². The van der Waals surface area contributed by atoms with Gasteiger partial charge >= 0.3 is 5.97 Å². The zero-order chi connectivity index (χ0) is 21.3. The molecule has 8 nitrogen and oxygen atoms in total. The second-order valence-electron chi connectivity index (χ2n) is 7.71. The van der Waals surface area contributed by atoms with Gasteiger partial charge in [0.1, 0.15) is 5.69 Å². The molecule has 4 rings (SSSR count). The fourth-order valence-corrected chi connectivity index (χ4v) is 3.87. The number of benzene rings is 1. The smallest absolute Gasteiger partial charge is 0.309 e. The van der Waals surface area contributed by atoms with Crippen molar-refractivity contribution < 1.29 is 23.8 Å². The van der Waals surface area contributed by atoms with Crippen molar-refractivity contribution in [3.05, 3.63) is 41.2 Å². The van der Waals surface area contributed by atoms with Crippen LogP contribution in [0.25, 0.3) is 0 Å². The lowest BCUT2D eigenvalue weighted by atomic mass is 10.1. The van der Waals surface area contributed by atoms with Gasteiger partial charge in [-0.15, -0.1) is 0 Å². The van der Waals surface area contributed by atoms with Crippen LogP contribution in [0.5, 0.6) is 11.5 Å². The summed E-state index contributed by atoms with van der Waals surface area (Å²) < 4.78 is 17.7. The van der Waals surface area contributed by atoms with Crippen LogP contribution in [0.2, 0.25) is 0 Å². The van der Waals surface area contributed by atoms with Gasteiger partial charge in [0.05, 0.1) is 18.2 Å². The van der Waals surface area contributed by atoms with E-state index in [-0.39, 0.29) is 30.5 Å². The summed E-state index contributed by atoms with van der Waals surface area (Å²) in [5, 5.41) is 4.41. The molecule has 1 aromatic carbocycles. The van der Waals surface area contributed by atoms with Gasteiger partial charge in [0, 0.05) is 19.6 Å². The molecule has 1 saturated carbocycles. The molecule has 2 aromatic rings. The number of amides is 1. The Morgan fingerprint density at radius 1 is 1.23 bits per heavy atom. The molecule has 1 aromatic heterocycles. The predicted molar refractivity (Wildman–Crippen MR) is 108 cm³/mol. The van der Waals surface area contributed by atoms with Crippen LogP contribution in [-0.2, 0) is 22.6 Å². The third-order valence-electron chi connectivity index (χ3n) is 5.49. The first-order valence-electron chi connectivity index (χ1n) is 10.4. The number of nitrogens with zero attached hydrogens (tertiary/aromatic N) is 3. The highest BCUT2D eigenvalue weighted by molar-refractivity contribution is 5.93. The molecule has 2 heterocycles. The van der Waals surface area contributed by atoms with Crippen LogP contribution < -0.4 is 9.47 Å². The topological polar surface area (TPSA) is 82.9 Å². The van der Waals surface area contributed by atoms with Gasteiger partial charge in [0.15, 0.2) is 11.5 Å². The van der Waals surface area contributed by atoms with E-state index in [2.05, 4.69) is 5.10 Å². The maximum absolute atomic E-state index is 13.4. The van der Waals surface area contributed by atoms with Crippen molar-refractivity contribution in [2.45, 2.75) is 40.3 Å². The zero-order valence-electron chi connectivity index (χ0n) is 17.6. The molecule has 160 valence electrons. The molecule has 0 spiro atoms. The molecule has 0 N–H and O–H groups in total. The number of esters is 1. The monoisotopic (exact) mass is 413 g/mol. The number of carbonyl (C=O) groups is 2. The van der Waals surface area contributed by atoms with Crippen molar-refractivity contribution in [2.75, 3.05) is 19.9 Å². The van der Waals surface area contributed by atoms with Gasteiger partial charge in [-0.1, -0.05) is 6.07 Å². The first kappa shape index (κ1) is 20.3. The van der Waals surface area contributed by atoms with E-state index >= 15 is 0 Å². The standard InChI is InChI=1S/C22H27N3O5/c1-4-25-18(8-14(3)23-25)21(26)24(12-16-10-17(16)22(27)28-5-2)11-15-6-7-19-20(9-15)30-13-29-19/h6-9,16-17H,4-5,10-13H2,1-3H3/t16-,17+/m0/s1. The van der Waals surface area contributed by atoms with Crippen molar-refractivity contribution >= 4 is 11.9 Å². The maximum Gasteiger partial charge on any atom is 0.309 e. The van der Waals surface area contributed by atoms with Crippen molar-refractivity contribution in [3.8, 4) is 11.5 Å². The number of rotatable bonds is 8. The summed E-state index contributed by atoms with van der Waals surface area (Å²) in [5.74, 6) is 1.11. The number of hydrogen-bond donors (Lipinski definition) is 0. The minimum atomic E-state index is -0.174. The molecule has 30 heavy (non-hydrogen) atoms. The molecular formula is C22H27N3O5. The molecule has 0 unspecified atom stereocenters. The molecule has 1 aliphatic carbocycles. The number of aryl methyl sites for hydroxylation is 2. The largest absolute Gasteiger partial charge is 0.466 e. The molecule has 0 saturated heterocycles. The van der Waals surface area contributed by atoms with E-state index in [4.69, 9.17) is 14.2 Å². The average Bonchev–Trinajstić information content (AvgIpc) is 3.16. The van der Waals surface area contributed by atoms with Crippen molar-refractivity contribution in [2.24, 2.45) is 11.8 Å². The SMILES string of the molecule is CCOC(=O)[C@@H]1C[C@H]1CN(Cc1ccc2c(c1)OCO2)C(=O)c1cc(C)nn1CC. The molecule has 1 aliphatic heterocycles. The van der Waals surface area contributed by atoms with Crippen LogP contribution in [-0.4, -0.2) is 46.5 Å². The van der Waals surface area contributed by atoms with Crippen molar-refractivity contribution in [3.63, 3.8) is 0 Å². The summed E-state index contributed by atoms with van der Waals surface area (Å²) in [7, 11) is 0. The van der Waals surface area contributed by atoms with Crippen LogP contribution in [0.1, 0.15) is 42.0 Å². The minimum absolute atomic E-state index is 0.0929. The molecule has 0 bridgehead atoms. The van der Waals surface area contributed by atoms with Gasteiger partial charge < -0.3 is 19.1 Å². The fourth-order valence-electron chi connectivity index (χ4n) is 3.87. The van der Waals surface area contributed by atoms with Gasteiger partial charge in [-0.3, -0.25) is 14.3 Å². The quantitative estimate of drug-likeness (QED) is 0.619. The van der Waals surface area contributed by atoms with E-state index in [1.807, 2.05) is 38.1 Å². The minimum Gasteiger partial charge on any atom is -0.466 e. The van der Waals surface area contributed by atoms with Gasteiger partial charge in [0.2, 0.25) is 6.79 Å². The van der Waals surface area contributed by atoms with E-state index in [1.165, 1.54) is 0 Å². The molecule has 8 heteroatoms. The highest BCUT2D eigenvalue weighted by Crippen LogP contribution is 2.41. The Morgan fingerprint density at radius 3 is 2.80 bits per heavy atom. The van der Waals surface area contributed by atoms with Crippen LogP contribution in [0, 0.1) is 18.8 Å². The first-order chi connectivity index (χ1) is 14.5. The number of fused-ring (bicyclic) bond motifs is 1. The van der Waals surface area contributed by atoms with Crippen molar-refractivity contribution in [1.82, 2.24) is 14.7 Å². The molecule has 0 radical (unpaired) electrons. The Morgan fingerprint density at radius 2 is 2.03 bits per heavy atom. The molecule has 2 aliphatic rings.